The highest BCUT2D eigenvalue weighted by molar-refractivity contribution is 7.15. The van der Waals surface area contributed by atoms with E-state index in [-0.39, 0.29) is 11.8 Å². The topological polar surface area (TPSA) is 66.4 Å². The highest BCUT2D eigenvalue weighted by Crippen LogP contribution is 2.38. The normalized spacial score (nSPS) is 16.2. The molecule has 0 unspecified atom stereocenters. The number of piperidine rings is 1. The van der Waals surface area contributed by atoms with Crippen LogP contribution in [0.5, 0.6) is 0 Å². The Morgan fingerprint density at radius 1 is 1.23 bits per heavy atom. The van der Waals surface area contributed by atoms with Gasteiger partial charge in [-0.15, -0.1) is 10.2 Å². The summed E-state index contributed by atoms with van der Waals surface area (Å²) in [6, 6.07) is 9.81. The molecule has 0 saturated carbocycles. The van der Waals surface area contributed by atoms with Gasteiger partial charge in [-0.1, -0.05) is 48.2 Å². The van der Waals surface area contributed by atoms with Crippen LogP contribution in [-0.2, 0) is 15.0 Å². The lowest BCUT2D eigenvalue weighted by Crippen LogP contribution is -2.53. The summed E-state index contributed by atoms with van der Waals surface area (Å²) >= 11 is 1.40. The Morgan fingerprint density at radius 3 is 2.42 bits per heavy atom. The highest BCUT2D eigenvalue weighted by atomic mass is 32.1. The largest absolute Gasteiger partial charge is 0.339 e. The average Bonchev–Trinajstić information content (AvgIpc) is 3.13. The molecule has 0 N–H and O–H groups in total. The van der Waals surface area contributed by atoms with E-state index in [1.807, 2.05) is 37.3 Å². The Hall–Kier alpha value is -2.54. The number of nitrogens with zero attached hydrogens (tertiary/aromatic N) is 4. The minimum Gasteiger partial charge on any atom is -0.339 e. The molecule has 1 aliphatic heterocycles. The van der Waals surface area contributed by atoms with Gasteiger partial charge in [-0.05, 0) is 31.4 Å². The molecule has 1 aliphatic rings. The van der Waals surface area contributed by atoms with E-state index < -0.39 is 5.41 Å². The van der Waals surface area contributed by atoms with Crippen LogP contribution >= 0.6 is 11.3 Å². The molecule has 1 saturated heterocycles. The zero-order chi connectivity index (χ0) is 18.7. The van der Waals surface area contributed by atoms with Gasteiger partial charge in [-0.25, -0.2) is 0 Å². The van der Waals surface area contributed by atoms with E-state index in [4.69, 9.17) is 0 Å². The third kappa shape index (κ3) is 3.26. The van der Waals surface area contributed by atoms with Crippen LogP contribution in [0, 0.1) is 6.92 Å². The molecule has 2 amide bonds. The van der Waals surface area contributed by atoms with Crippen molar-refractivity contribution in [3.05, 3.63) is 53.6 Å². The molecular formula is C19H22N4O2S. The number of hydrogen-bond acceptors (Lipinski definition) is 5. The van der Waals surface area contributed by atoms with E-state index in [1.165, 1.54) is 17.4 Å². The molecule has 136 valence electrons. The van der Waals surface area contributed by atoms with Gasteiger partial charge >= 0.3 is 0 Å². The van der Waals surface area contributed by atoms with Crippen molar-refractivity contribution < 1.29 is 9.59 Å². The first-order valence-corrected chi connectivity index (χ1v) is 9.35. The lowest BCUT2D eigenvalue weighted by molar-refractivity contribution is -0.132. The van der Waals surface area contributed by atoms with Gasteiger partial charge in [0.25, 0.3) is 0 Å². The highest BCUT2D eigenvalue weighted by Gasteiger charge is 2.45. The number of aromatic nitrogens is 2. The molecule has 3 rings (SSSR count). The predicted molar refractivity (Wildman–Crippen MR) is 102 cm³/mol. The van der Waals surface area contributed by atoms with E-state index in [2.05, 4.69) is 16.8 Å². The molecule has 0 aliphatic carbocycles. The van der Waals surface area contributed by atoms with Crippen molar-refractivity contribution in [2.45, 2.75) is 25.2 Å². The molecule has 1 fully saturated rings. The van der Waals surface area contributed by atoms with Gasteiger partial charge in [0.2, 0.25) is 16.9 Å². The number of likely N-dealkylation sites (tertiary alicyclic amines) is 1. The molecule has 1 aromatic heterocycles. The van der Waals surface area contributed by atoms with E-state index >= 15 is 0 Å². The second-order valence-electron chi connectivity index (χ2n) is 6.45. The molecular weight excluding hydrogens is 348 g/mol. The molecule has 7 heteroatoms. The van der Waals surface area contributed by atoms with Crippen LogP contribution in [0.1, 0.15) is 23.4 Å². The predicted octanol–water partition coefficient (Wildman–Crippen LogP) is 2.56. The number of amides is 2. The van der Waals surface area contributed by atoms with Gasteiger partial charge in [-0.3, -0.25) is 14.5 Å². The number of benzene rings is 1. The lowest BCUT2D eigenvalue weighted by atomic mass is 9.71. The molecule has 2 aromatic rings. The number of carbonyl (C=O) groups excluding carboxylic acids is 2. The number of anilines is 1. The van der Waals surface area contributed by atoms with Crippen molar-refractivity contribution in [2.24, 2.45) is 0 Å². The Bertz CT molecular complexity index is 810. The van der Waals surface area contributed by atoms with Crippen LogP contribution in [0.4, 0.5) is 5.13 Å². The molecule has 2 heterocycles. The van der Waals surface area contributed by atoms with Crippen molar-refractivity contribution >= 4 is 28.3 Å². The van der Waals surface area contributed by atoms with Crippen LogP contribution in [0.15, 0.2) is 43.0 Å². The number of hydrogen-bond donors (Lipinski definition) is 0. The maximum atomic E-state index is 13.5. The maximum absolute atomic E-state index is 13.5. The average molecular weight is 370 g/mol. The minimum absolute atomic E-state index is 0.00875. The fraction of sp³-hybridized carbons (Fsp3) is 0.368. The van der Waals surface area contributed by atoms with Crippen molar-refractivity contribution in [3.8, 4) is 0 Å². The first kappa shape index (κ1) is 18.3. The van der Waals surface area contributed by atoms with Crippen LogP contribution in [0.25, 0.3) is 0 Å². The monoisotopic (exact) mass is 370 g/mol. The lowest BCUT2D eigenvalue weighted by Gasteiger charge is -2.42. The smallest absolute Gasteiger partial charge is 0.245 e. The fourth-order valence-corrected chi connectivity index (χ4v) is 4.10. The second-order valence-corrected chi connectivity index (χ2v) is 7.61. The van der Waals surface area contributed by atoms with Crippen molar-refractivity contribution in [3.63, 3.8) is 0 Å². The number of likely N-dealkylation sites (N-methyl/N-ethyl adjacent to an activating group) is 1. The summed E-state index contributed by atoms with van der Waals surface area (Å²) in [5, 5.41) is 9.54. The zero-order valence-corrected chi connectivity index (χ0v) is 15.8. The van der Waals surface area contributed by atoms with Crippen LogP contribution in [0.3, 0.4) is 0 Å². The van der Waals surface area contributed by atoms with Gasteiger partial charge in [-0.2, -0.15) is 0 Å². The fourth-order valence-electron chi connectivity index (χ4n) is 3.45. The quantitative estimate of drug-likeness (QED) is 0.776. The number of carbonyl (C=O) groups is 2. The summed E-state index contributed by atoms with van der Waals surface area (Å²) < 4.78 is 0. The summed E-state index contributed by atoms with van der Waals surface area (Å²) in [6.45, 7) is 6.47. The van der Waals surface area contributed by atoms with Crippen LogP contribution < -0.4 is 4.90 Å². The maximum Gasteiger partial charge on any atom is 0.245 e. The summed E-state index contributed by atoms with van der Waals surface area (Å²) in [5.41, 5.74) is 0.303. The first-order valence-electron chi connectivity index (χ1n) is 8.53. The molecule has 0 atom stereocenters. The molecule has 0 radical (unpaired) electrons. The molecule has 0 spiro atoms. The number of aryl methyl sites for hydroxylation is 1. The third-order valence-corrected chi connectivity index (χ3v) is 5.86. The van der Waals surface area contributed by atoms with Gasteiger partial charge in [0.1, 0.15) is 5.01 Å². The molecule has 26 heavy (non-hydrogen) atoms. The van der Waals surface area contributed by atoms with E-state index in [0.29, 0.717) is 31.1 Å². The molecule has 6 nitrogen and oxygen atoms in total. The van der Waals surface area contributed by atoms with Crippen LogP contribution in [-0.4, -0.2) is 47.0 Å². The van der Waals surface area contributed by atoms with E-state index in [1.54, 1.807) is 16.8 Å². The second kappa shape index (κ2) is 7.37. The zero-order valence-electron chi connectivity index (χ0n) is 15.0. The van der Waals surface area contributed by atoms with Crippen molar-refractivity contribution in [2.75, 3.05) is 25.0 Å². The van der Waals surface area contributed by atoms with Gasteiger partial charge in [0, 0.05) is 20.1 Å². The summed E-state index contributed by atoms with van der Waals surface area (Å²) in [5.74, 6) is -0.0993. The standard InChI is InChI=1S/C19H22N4O2S/c1-4-16(24)23-12-10-19(11-13-23,15-8-6-5-7-9-15)17(25)22(3)18-21-20-14(2)26-18/h4-9H,1,10-13H2,2-3H3. The summed E-state index contributed by atoms with van der Waals surface area (Å²) in [7, 11) is 1.74. The summed E-state index contributed by atoms with van der Waals surface area (Å²) in [6.07, 6.45) is 2.46. The van der Waals surface area contributed by atoms with Gasteiger partial charge in [0.05, 0.1) is 5.41 Å². The molecule has 1 aromatic carbocycles. The van der Waals surface area contributed by atoms with Gasteiger partial charge < -0.3 is 4.90 Å². The van der Waals surface area contributed by atoms with Crippen molar-refractivity contribution in [1.82, 2.24) is 15.1 Å². The first-order chi connectivity index (χ1) is 12.5. The Morgan fingerprint density at radius 2 is 1.88 bits per heavy atom. The van der Waals surface area contributed by atoms with Crippen LogP contribution in [0.2, 0.25) is 0 Å². The summed E-state index contributed by atoms with van der Waals surface area (Å²) in [4.78, 5) is 28.8. The number of rotatable bonds is 4. The van der Waals surface area contributed by atoms with E-state index in [0.717, 1.165) is 10.6 Å². The van der Waals surface area contributed by atoms with Gasteiger partial charge in [0.15, 0.2) is 0 Å². The Balaban J connectivity index is 1.93. The Kier molecular flexibility index (Phi) is 5.18. The minimum atomic E-state index is -0.673. The SMILES string of the molecule is C=CC(=O)N1CCC(C(=O)N(C)c2nnc(C)s2)(c2ccccc2)CC1. The van der Waals surface area contributed by atoms with Crippen molar-refractivity contribution in [1.29, 1.82) is 0 Å². The molecule has 0 bridgehead atoms. The van der Waals surface area contributed by atoms with E-state index in [9.17, 15) is 9.59 Å². The Labute approximate surface area is 157 Å². The third-order valence-electron chi connectivity index (χ3n) is 4.95.